The quantitative estimate of drug-likeness (QED) is 0.562. The second kappa shape index (κ2) is 4.46. The number of hydrogen-bond acceptors (Lipinski definition) is 1. The van der Waals surface area contributed by atoms with E-state index in [1.807, 2.05) is 0 Å². The molecule has 3 fully saturated rings. The highest BCUT2D eigenvalue weighted by atomic mass is 16.1. The van der Waals surface area contributed by atoms with E-state index in [1.165, 1.54) is 32.1 Å². The van der Waals surface area contributed by atoms with Gasteiger partial charge in [-0.3, -0.25) is 4.79 Å². The molecule has 3 saturated carbocycles. The summed E-state index contributed by atoms with van der Waals surface area (Å²) in [5.74, 6) is 3.76. The Balaban J connectivity index is 1.71. The van der Waals surface area contributed by atoms with E-state index in [0.717, 1.165) is 37.0 Å². The first-order valence-corrected chi connectivity index (χ1v) is 9.19. The van der Waals surface area contributed by atoms with Crippen LogP contribution in [0.3, 0.4) is 0 Å². The van der Waals surface area contributed by atoms with Gasteiger partial charge in [-0.15, -0.1) is 0 Å². The van der Waals surface area contributed by atoms with Gasteiger partial charge in [-0.25, -0.2) is 0 Å². The zero-order valence-corrected chi connectivity index (χ0v) is 14.0. The molecule has 116 valence electrons. The van der Waals surface area contributed by atoms with E-state index in [2.05, 4.69) is 26.8 Å². The van der Waals surface area contributed by atoms with E-state index >= 15 is 0 Å². The van der Waals surface area contributed by atoms with Gasteiger partial charge in [0.05, 0.1) is 0 Å². The molecule has 0 radical (unpaired) electrons. The van der Waals surface area contributed by atoms with E-state index in [1.54, 1.807) is 5.57 Å². The molecule has 0 aromatic carbocycles. The van der Waals surface area contributed by atoms with Crippen molar-refractivity contribution < 1.29 is 4.79 Å². The summed E-state index contributed by atoms with van der Waals surface area (Å²) in [6, 6.07) is 0. The molecule has 0 spiro atoms. The molecule has 0 heterocycles. The molecule has 21 heavy (non-hydrogen) atoms. The fourth-order valence-electron chi connectivity index (χ4n) is 6.52. The van der Waals surface area contributed by atoms with Crippen LogP contribution in [0.5, 0.6) is 0 Å². The average Bonchev–Trinajstić information content (AvgIpc) is 2.76. The predicted octanol–water partition coefficient (Wildman–Crippen LogP) is 5.15. The van der Waals surface area contributed by atoms with Gasteiger partial charge in [-0.05, 0) is 74.0 Å². The van der Waals surface area contributed by atoms with Gasteiger partial charge in [0.1, 0.15) is 5.78 Å². The molecular weight excluding hydrogens is 256 g/mol. The fourth-order valence-corrected chi connectivity index (χ4v) is 6.52. The lowest BCUT2D eigenvalue weighted by Crippen LogP contribution is -2.47. The van der Waals surface area contributed by atoms with E-state index in [9.17, 15) is 4.79 Å². The molecule has 0 saturated heterocycles. The van der Waals surface area contributed by atoms with E-state index in [0.29, 0.717) is 17.1 Å². The Labute approximate surface area is 129 Å². The number of fused-ring (bicyclic) bond motifs is 5. The summed E-state index contributed by atoms with van der Waals surface area (Å²) < 4.78 is 0. The Kier molecular flexibility index (Phi) is 2.98. The molecular formula is C20H30O. The lowest BCUT2D eigenvalue weighted by atomic mass is 9.49. The van der Waals surface area contributed by atoms with Gasteiger partial charge >= 0.3 is 0 Å². The first kappa shape index (κ1) is 14.0. The maximum atomic E-state index is 12.4. The smallest absolute Gasteiger partial charge is 0.139 e. The van der Waals surface area contributed by atoms with Crippen LogP contribution in [0.1, 0.15) is 72.1 Å². The van der Waals surface area contributed by atoms with Crippen LogP contribution in [-0.2, 0) is 4.79 Å². The first-order chi connectivity index (χ1) is 9.95. The second-order valence-corrected chi connectivity index (χ2v) is 9.03. The molecule has 4 rings (SSSR count). The SMILES string of the molecule is C[C@@H]1CC[C@]2(C)C3=CC[C@]4(C)C(=O)CC[C@H]4[C@@H]3CCC2C1. The van der Waals surface area contributed by atoms with Crippen LogP contribution in [0, 0.1) is 34.5 Å². The van der Waals surface area contributed by atoms with Crippen LogP contribution >= 0.6 is 0 Å². The molecule has 0 N–H and O–H groups in total. The van der Waals surface area contributed by atoms with Gasteiger partial charge in [-0.2, -0.15) is 0 Å². The Morgan fingerprint density at radius 1 is 1.10 bits per heavy atom. The minimum absolute atomic E-state index is 0.0146. The highest BCUT2D eigenvalue weighted by Crippen LogP contribution is 2.63. The van der Waals surface area contributed by atoms with Gasteiger partial charge in [0.2, 0.25) is 0 Å². The molecule has 0 amide bonds. The van der Waals surface area contributed by atoms with Gasteiger partial charge < -0.3 is 0 Å². The Morgan fingerprint density at radius 3 is 2.71 bits per heavy atom. The molecule has 0 bridgehead atoms. The van der Waals surface area contributed by atoms with Gasteiger partial charge in [-0.1, -0.05) is 32.4 Å². The Morgan fingerprint density at radius 2 is 1.90 bits per heavy atom. The summed E-state index contributed by atoms with van der Waals surface area (Å²) >= 11 is 0. The van der Waals surface area contributed by atoms with E-state index in [4.69, 9.17) is 0 Å². The van der Waals surface area contributed by atoms with Crippen LogP contribution in [0.15, 0.2) is 11.6 Å². The fraction of sp³-hybridized carbons (Fsp3) is 0.850. The Bertz CT molecular complexity index is 504. The van der Waals surface area contributed by atoms with Crippen molar-refractivity contribution in [2.24, 2.45) is 34.5 Å². The molecule has 4 aliphatic rings. The minimum Gasteiger partial charge on any atom is -0.299 e. The van der Waals surface area contributed by atoms with E-state index in [-0.39, 0.29) is 5.41 Å². The average molecular weight is 286 g/mol. The van der Waals surface area contributed by atoms with Crippen molar-refractivity contribution in [1.29, 1.82) is 0 Å². The third-order valence-electron chi connectivity index (χ3n) is 8.00. The van der Waals surface area contributed by atoms with Crippen molar-refractivity contribution in [2.75, 3.05) is 0 Å². The molecule has 0 aromatic rings. The largest absolute Gasteiger partial charge is 0.299 e. The summed E-state index contributed by atoms with van der Waals surface area (Å²) in [5.41, 5.74) is 2.23. The van der Waals surface area contributed by atoms with Crippen molar-refractivity contribution in [3.05, 3.63) is 11.6 Å². The summed E-state index contributed by atoms with van der Waals surface area (Å²) in [6.07, 6.45) is 12.5. The lowest BCUT2D eigenvalue weighted by Gasteiger charge is -2.56. The van der Waals surface area contributed by atoms with Gasteiger partial charge in [0.15, 0.2) is 0 Å². The van der Waals surface area contributed by atoms with Gasteiger partial charge in [0, 0.05) is 11.8 Å². The van der Waals surface area contributed by atoms with Crippen molar-refractivity contribution in [1.82, 2.24) is 0 Å². The number of hydrogen-bond donors (Lipinski definition) is 0. The summed E-state index contributed by atoms with van der Waals surface area (Å²) in [6.45, 7) is 7.26. The van der Waals surface area contributed by atoms with E-state index < -0.39 is 0 Å². The predicted molar refractivity (Wildman–Crippen MR) is 85.9 cm³/mol. The third kappa shape index (κ3) is 1.79. The maximum absolute atomic E-state index is 12.4. The topological polar surface area (TPSA) is 17.1 Å². The number of rotatable bonds is 0. The molecule has 0 aliphatic heterocycles. The van der Waals surface area contributed by atoms with Crippen LogP contribution in [0.4, 0.5) is 0 Å². The third-order valence-corrected chi connectivity index (χ3v) is 8.00. The molecule has 4 aliphatic carbocycles. The standard InChI is InChI=1S/C20H30O/c1-13-8-10-19(2)14(12-13)4-5-15-16-6-7-18(21)20(16,3)11-9-17(15)19/h9,13-16H,4-8,10-12H2,1-3H3/t13-,14?,15+,16+,19+,20+/m1/s1. The molecule has 1 heteroatoms. The summed E-state index contributed by atoms with van der Waals surface area (Å²) in [7, 11) is 0. The lowest BCUT2D eigenvalue weighted by molar-refractivity contribution is -0.127. The van der Waals surface area contributed by atoms with Crippen molar-refractivity contribution in [3.8, 4) is 0 Å². The zero-order valence-electron chi connectivity index (χ0n) is 14.0. The van der Waals surface area contributed by atoms with Crippen LogP contribution in [0.2, 0.25) is 0 Å². The normalized spacial score (nSPS) is 52.7. The Hall–Kier alpha value is -0.590. The maximum Gasteiger partial charge on any atom is 0.139 e. The van der Waals surface area contributed by atoms with Crippen LogP contribution < -0.4 is 0 Å². The number of ketones is 1. The second-order valence-electron chi connectivity index (χ2n) is 9.03. The number of carbonyl (C=O) groups is 1. The van der Waals surface area contributed by atoms with Crippen molar-refractivity contribution >= 4 is 5.78 Å². The number of allylic oxidation sites excluding steroid dienone is 2. The molecule has 1 unspecified atom stereocenters. The molecule has 1 nitrogen and oxygen atoms in total. The van der Waals surface area contributed by atoms with Crippen LogP contribution in [-0.4, -0.2) is 5.78 Å². The first-order valence-electron chi connectivity index (χ1n) is 9.19. The highest BCUT2D eigenvalue weighted by molar-refractivity contribution is 5.87. The number of carbonyl (C=O) groups excluding carboxylic acids is 1. The van der Waals surface area contributed by atoms with Crippen LogP contribution in [0.25, 0.3) is 0 Å². The van der Waals surface area contributed by atoms with Gasteiger partial charge in [0.25, 0.3) is 0 Å². The molecule has 6 atom stereocenters. The highest BCUT2D eigenvalue weighted by Gasteiger charge is 2.56. The zero-order chi connectivity index (χ0) is 14.8. The van der Waals surface area contributed by atoms with Crippen molar-refractivity contribution in [2.45, 2.75) is 72.1 Å². The van der Waals surface area contributed by atoms with Crippen molar-refractivity contribution in [3.63, 3.8) is 0 Å². The summed E-state index contributed by atoms with van der Waals surface area (Å²) in [5, 5.41) is 0. The monoisotopic (exact) mass is 286 g/mol. The number of Topliss-reactive ketones (excluding diaryl/α,β-unsaturated/α-hetero) is 1. The summed E-state index contributed by atoms with van der Waals surface area (Å²) in [4.78, 5) is 12.4. The minimum atomic E-state index is -0.0146. The molecule has 0 aromatic heterocycles.